The summed E-state index contributed by atoms with van der Waals surface area (Å²) < 4.78 is 7.18. The number of nitrogens with zero attached hydrogens (tertiary/aromatic N) is 4. The average molecular weight is 320 g/mol. The molecule has 0 N–H and O–H groups in total. The van der Waals surface area contributed by atoms with Crippen LogP contribution in [0, 0.1) is 5.92 Å². The maximum absolute atomic E-state index is 12.4. The van der Waals surface area contributed by atoms with Gasteiger partial charge in [0, 0.05) is 58.2 Å². The van der Waals surface area contributed by atoms with Gasteiger partial charge in [0.2, 0.25) is 0 Å². The van der Waals surface area contributed by atoms with E-state index in [4.69, 9.17) is 4.74 Å². The minimum absolute atomic E-state index is 0.103. The molecule has 0 unspecified atom stereocenters. The highest BCUT2D eigenvalue weighted by molar-refractivity contribution is 5.94. The predicted molar refractivity (Wildman–Crippen MR) is 88.3 cm³/mol. The fourth-order valence-electron chi connectivity index (χ4n) is 3.58. The van der Waals surface area contributed by atoms with Crippen LogP contribution >= 0.6 is 0 Å². The van der Waals surface area contributed by atoms with Crippen molar-refractivity contribution in [3.63, 3.8) is 0 Å². The molecular formula is C17H28N4O2. The number of carbonyl (C=O) groups excluding carboxylic acids is 1. The van der Waals surface area contributed by atoms with E-state index in [-0.39, 0.29) is 5.91 Å². The van der Waals surface area contributed by atoms with Crippen molar-refractivity contribution in [3.8, 4) is 0 Å². The zero-order valence-electron chi connectivity index (χ0n) is 14.4. The molecule has 2 aliphatic rings. The molecule has 0 bridgehead atoms. The van der Waals surface area contributed by atoms with E-state index in [1.54, 1.807) is 17.1 Å². The highest BCUT2D eigenvalue weighted by Gasteiger charge is 2.38. The Labute approximate surface area is 138 Å². The van der Waals surface area contributed by atoms with Crippen LogP contribution in [0.25, 0.3) is 0 Å². The van der Waals surface area contributed by atoms with Gasteiger partial charge in [0.1, 0.15) is 0 Å². The molecule has 0 atom stereocenters. The molecule has 3 rings (SSSR count). The van der Waals surface area contributed by atoms with Crippen molar-refractivity contribution in [2.45, 2.75) is 38.8 Å². The summed E-state index contributed by atoms with van der Waals surface area (Å²) in [6, 6.07) is 1.09. The van der Waals surface area contributed by atoms with Crippen molar-refractivity contribution in [1.29, 1.82) is 0 Å². The van der Waals surface area contributed by atoms with Crippen LogP contribution in [0.2, 0.25) is 0 Å². The van der Waals surface area contributed by atoms with Gasteiger partial charge in [-0.3, -0.25) is 14.4 Å². The molecule has 0 aromatic carbocycles. The van der Waals surface area contributed by atoms with Gasteiger partial charge < -0.3 is 9.64 Å². The Bertz CT molecular complexity index is 530. The number of amides is 1. The highest BCUT2D eigenvalue weighted by Crippen LogP contribution is 2.25. The van der Waals surface area contributed by atoms with Gasteiger partial charge in [-0.25, -0.2) is 0 Å². The standard InChI is InChI=1S/C17H28N4O2/c1-13(2)9-21(15-4-6-23-7-5-15)16-11-20(12-16)17(22)14-8-18-19(3)10-14/h8,10,13,15-16H,4-7,9,11-12H2,1-3H3. The lowest BCUT2D eigenvalue weighted by Crippen LogP contribution is -2.64. The van der Waals surface area contributed by atoms with E-state index in [1.165, 1.54) is 0 Å². The molecule has 6 heteroatoms. The number of rotatable bonds is 5. The number of carbonyl (C=O) groups is 1. The van der Waals surface area contributed by atoms with E-state index in [0.717, 1.165) is 45.7 Å². The molecule has 1 amide bonds. The first-order chi connectivity index (χ1) is 11.0. The zero-order valence-corrected chi connectivity index (χ0v) is 14.4. The average Bonchev–Trinajstić information content (AvgIpc) is 2.92. The first-order valence-corrected chi connectivity index (χ1v) is 8.66. The molecular weight excluding hydrogens is 292 g/mol. The number of hydrogen-bond donors (Lipinski definition) is 0. The molecule has 2 aliphatic heterocycles. The van der Waals surface area contributed by atoms with Crippen molar-refractivity contribution < 1.29 is 9.53 Å². The second-order valence-corrected chi connectivity index (χ2v) is 7.20. The van der Waals surface area contributed by atoms with Crippen LogP contribution in [0.3, 0.4) is 0 Å². The van der Waals surface area contributed by atoms with Crippen LogP contribution in [0.1, 0.15) is 37.0 Å². The molecule has 23 heavy (non-hydrogen) atoms. The minimum Gasteiger partial charge on any atom is -0.381 e. The van der Waals surface area contributed by atoms with Gasteiger partial charge in [-0.2, -0.15) is 5.10 Å². The van der Waals surface area contributed by atoms with Crippen molar-refractivity contribution in [3.05, 3.63) is 18.0 Å². The van der Waals surface area contributed by atoms with Crippen molar-refractivity contribution in [2.75, 3.05) is 32.8 Å². The van der Waals surface area contributed by atoms with Gasteiger partial charge in [0.25, 0.3) is 5.91 Å². The number of aromatic nitrogens is 2. The van der Waals surface area contributed by atoms with Crippen LogP contribution in [0.5, 0.6) is 0 Å². The van der Waals surface area contributed by atoms with E-state index >= 15 is 0 Å². The smallest absolute Gasteiger partial charge is 0.257 e. The molecule has 3 heterocycles. The van der Waals surface area contributed by atoms with E-state index in [0.29, 0.717) is 23.6 Å². The van der Waals surface area contributed by atoms with Crippen LogP contribution in [-0.2, 0) is 11.8 Å². The van der Waals surface area contributed by atoms with Gasteiger partial charge in [-0.15, -0.1) is 0 Å². The summed E-state index contributed by atoms with van der Waals surface area (Å²) in [5, 5.41) is 4.09. The second kappa shape index (κ2) is 7.01. The topological polar surface area (TPSA) is 50.6 Å². The molecule has 1 aromatic rings. The predicted octanol–water partition coefficient (Wildman–Crippen LogP) is 1.38. The SMILES string of the molecule is CC(C)CN(C1CCOCC1)C1CN(C(=O)c2cnn(C)c2)C1. The lowest BCUT2D eigenvalue weighted by molar-refractivity contribution is -0.0294. The largest absolute Gasteiger partial charge is 0.381 e. The van der Waals surface area contributed by atoms with Crippen LogP contribution < -0.4 is 0 Å². The number of likely N-dealkylation sites (tertiary alicyclic amines) is 1. The number of hydrogen-bond acceptors (Lipinski definition) is 4. The Balaban J connectivity index is 1.59. The zero-order chi connectivity index (χ0) is 16.4. The van der Waals surface area contributed by atoms with Crippen molar-refractivity contribution >= 4 is 5.91 Å². The molecule has 2 saturated heterocycles. The normalized spacial score (nSPS) is 20.3. The quantitative estimate of drug-likeness (QED) is 0.822. The van der Waals surface area contributed by atoms with Crippen molar-refractivity contribution in [2.24, 2.45) is 13.0 Å². The third kappa shape index (κ3) is 3.75. The van der Waals surface area contributed by atoms with E-state index in [1.807, 2.05) is 11.9 Å². The van der Waals surface area contributed by atoms with Gasteiger partial charge >= 0.3 is 0 Å². The Morgan fingerprint density at radius 1 is 1.35 bits per heavy atom. The molecule has 0 spiro atoms. The summed E-state index contributed by atoms with van der Waals surface area (Å²) >= 11 is 0. The van der Waals surface area contributed by atoms with Crippen LogP contribution in [-0.4, -0.2) is 70.4 Å². The number of aryl methyl sites for hydroxylation is 1. The Morgan fingerprint density at radius 2 is 2.04 bits per heavy atom. The lowest BCUT2D eigenvalue weighted by atomic mass is 9.97. The molecule has 128 valence electrons. The molecule has 0 saturated carbocycles. The summed E-state index contributed by atoms with van der Waals surface area (Å²) in [7, 11) is 1.84. The van der Waals surface area contributed by atoms with Crippen LogP contribution in [0.4, 0.5) is 0 Å². The van der Waals surface area contributed by atoms with Crippen LogP contribution in [0.15, 0.2) is 12.4 Å². The molecule has 0 aliphatic carbocycles. The fraction of sp³-hybridized carbons (Fsp3) is 0.765. The molecule has 1 aromatic heterocycles. The maximum Gasteiger partial charge on any atom is 0.257 e. The first-order valence-electron chi connectivity index (χ1n) is 8.66. The summed E-state index contributed by atoms with van der Waals surface area (Å²) in [6.45, 7) is 9.03. The third-order valence-corrected chi connectivity index (χ3v) is 4.81. The minimum atomic E-state index is 0.103. The third-order valence-electron chi connectivity index (χ3n) is 4.81. The summed E-state index contributed by atoms with van der Waals surface area (Å²) in [5.41, 5.74) is 0.687. The van der Waals surface area contributed by atoms with Gasteiger partial charge in [0.05, 0.1) is 11.8 Å². The summed E-state index contributed by atoms with van der Waals surface area (Å²) in [6.07, 6.45) is 5.67. The monoisotopic (exact) mass is 320 g/mol. The summed E-state index contributed by atoms with van der Waals surface area (Å²) in [4.78, 5) is 17.0. The van der Waals surface area contributed by atoms with E-state index in [2.05, 4.69) is 23.8 Å². The summed E-state index contributed by atoms with van der Waals surface area (Å²) in [5.74, 6) is 0.742. The Morgan fingerprint density at radius 3 is 2.61 bits per heavy atom. The van der Waals surface area contributed by atoms with E-state index in [9.17, 15) is 4.79 Å². The second-order valence-electron chi connectivity index (χ2n) is 7.20. The van der Waals surface area contributed by atoms with E-state index < -0.39 is 0 Å². The first kappa shape index (κ1) is 16.5. The molecule has 2 fully saturated rings. The Kier molecular flexibility index (Phi) is 5.02. The van der Waals surface area contributed by atoms with Gasteiger partial charge in [-0.05, 0) is 18.8 Å². The maximum atomic E-state index is 12.4. The Hall–Kier alpha value is -1.40. The highest BCUT2D eigenvalue weighted by atomic mass is 16.5. The van der Waals surface area contributed by atoms with Crippen molar-refractivity contribution in [1.82, 2.24) is 19.6 Å². The van der Waals surface area contributed by atoms with Gasteiger partial charge in [-0.1, -0.05) is 13.8 Å². The molecule has 0 radical (unpaired) electrons. The lowest BCUT2D eigenvalue weighted by Gasteiger charge is -2.49. The fourth-order valence-corrected chi connectivity index (χ4v) is 3.58. The van der Waals surface area contributed by atoms with Gasteiger partial charge in [0.15, 0.2) is 0 Å². The molecule has 6 nitrogen and oxygen atoms in total. The number of ether oxygens (including phenoxy) is 1.